The lowest BCUT2D eigenvalue weighted by atomic mass is 10.2. The molecule has 1 unspecified atom stereocenters. The molecule has 1 N–H and O–H groups in total. The van der Waals surface area contributed by atoms with E-state index in [9.17, 15) is 0 Å². The summed E-state index contributed by atoms with van der Waals surface area (Å²) in [5.41, 5.74) is 1.89. The van der Waals surface area contributed by atoms with Crippen LogP contribution in [0.4, 0.5) is 5.82 Å². The Morgan fingerprint density at radius 1 is 1.75 bits per heavy atom. The predicted octanol–water partition coefficient (Wildman–Crippen LogP) is 0.941. The van der Waals surface area contributed by atoms with Crippen LogP contribution in [0, 0.1) is 0 Å². The van der Waals surface area contributed by atoms with Gasteiger partial charge in [-0.3, -0.25) is 0 Å². The zero-order valence-electron chi connectivity index (χ0n) is 7.16. The van der Waals surface area contributed by atoms with Crippen LogP contribution in [-0.4, -0.2) is 30.7 Å². The first-order chi connectivity index (χ1) is 5.86. The molecule has 0 bridgehead atoms. The van der Waals surface area contributed by atoms with E-state index in [1.165, 1.54) is 0 Å². The molecule has 66 valence electrons. The van der Waals surface area contributed by atoms with Gasteiger partial charge in [0, 0.05) is 31.1 Å². The van der Waals surface area contributed by atoms with Crippen LogP contribution in [0.2, 0.25) is 0 Å². The minimum absolute atomic E-state index is 0.584. The summed E-state index contributed by atoms with van der Waals surface area (Å²) in [6.07, 6.45) is 0. The molecule has 2 rings (SSSR count). The van der Waals surface area contributed by atoms with Crippen molar-refractivity contribution in [3.8, 4) is 0 Å². The molecule has 3 nitrogen and oxygen atoms in total. The lowest BCUT2D eigenvalue weighted by Crippen LogP contribution is -2.49. The minimum atomic E-state index is 0.584. The van der Waals surface area contributed by atoms with E-state index < -0.39 is 0 Å². The standard InChI is InChI=1S/C8H13N3S/c1-7-4-11(3-2-9-7)8-5-12-6-10-8/h5-7,9H,2-4H2,1H3. The fourth-order valence-corrected chi connectivity index (χ4v) is 2.06. The van der Waals surface area contributed by atoms with Gasteiger partial charge in [-0.2, -0.15) is 0 Å². The van der Waals surface area contributed by atoms with Crippen molar-refractivity contribution in [3.05, 3.63) is 10.9 Å². The summed E-state index contributed by atoms with van der Waals surface area (Å²) >= 11 is 1.66. The summed E-state index contributed by atoms with van der Waals surface area (Å²) in [6.45, 7) is 5.43. The molecule has 1 aromatic heterocycles. The highest BCUT2D eigenvalue weighted by molar-refractivity contribution is 7.07. The predicted molar refractivity (Wildman–Crippen MR) is 51.8 cm³/mol. The van der Waals surface area contributed by atoms with Crippen LogP contribution in [0.25, 0.3) is 0 Å². The molecule has 0 radical (unpaired) electrons. The second-order valence-electron chi connectivity index (χ2n) is 3.15. The Labute approximate surface area is 76.4 Å². The Kier molecular flexibility index (Phi) is 2.28. The quantitative estimate of drug-likeness (QED) is 0.702. The van der Waals surface area contributed by atoms with Crippen molar-refractivity contribution in [1.82, 2.24) is 10.3 Å². The monoisotopic (exact) mass is 183 g/mol. The van der Waals surface area contributed by atoms with Crippen molar-refractivity contribution in [1.29, 1.82) is 0 Å². The number of rotatable bonds is 1. The van der Waals surface area contributed by atoms with E-state index in [4.69, 9.17) is 0 Å². The average molecular weight is 183 g/mol. The first-order valence-electron chi connectivity index (χ1n) is 4.23. The Hall–Kier alpha value is -0.610. The molecule has 1 fully saturated rings. The Morgan fingerprint density at radius 3 is 3.33 bits per heavy atom. The molecule has 0 saturated carbocycles. The van der Waals surface area contributed by atoms with Gasteiger partial charge in [0.2, 0.25) is 0 Å². The van der Waals surface area contributed by atoms with Crippen LogP contribution in [0.3, 0.4) is 0 Å². The lowest BCUT2D eigenvalue weighted by Gasteiger charge is -2.31. The van der Waals surface area contributed by atoms with Gasteiger partial charge in [0.05, 0.1) is 5.51 Å². The summed E-state index contributed by atoms with van der Waals surface area (Å²) in [6, 6.07) is 0.584. The number of nitrogens with one attached hydrogen (secondary N) is 1. The van der Waals surface area contributed by atoms with E-state index in [2.05, 4.69) is 27.5 Å². The minimum Gasteiger partial charge on any atom is -0.353 e. The molecule has 0 aliphatic carbocycles. The molecular weight excluding hydrogens is 170 g/mol. The number of hydrogen-bond acceptors (Lipinski definition) is 4. The van der Waals surface area contributed by atoms with Crippen molar-refractivity contribution in [2.24, 2.45) is 0 Å². The molecule has 12 heavy (non-hydrogen) atoms. The molecule has 1 aromatic rings. The smallest absolute Gasteiger partial charge is 0.139 e. The summed E-state index contributed by atoms with van der Waals surface area (Å²) < 4.78 is 0. The molecule has 0 spiro atoms. The third-order valence-corrected chi connectivity index (χ3v) is 2.69. The molecule has 4 heteroatoms. The zero-order valence-corrected chi connectivity index (χ0v) is 7.97. The number of anilines is 1. The molecule has 1 saturated heterocycles. The second kappa shape index (κ2) is 3.41. The van der Waals surface area contributed by atoms with Gasteiger partial charge >= 0.3 is 0 Å². The summed E-state index contributed by atoms with van der Waals surface area (Å²) in [5.74, 6) is 1.13. The average Bonchev–Trinajstić information content (AvgIpc) is 2.56. The number of nitrogens with zero attached hydrogens (tertiary/aromatic N) is 2. The number of thiazole rings is 1. The lowest BCUT2D eigenvalue weighted by molar-refractivity contribution is 0.483. The van der Waals surface area contributed by atoms with Crippen LogP contribution in [0.5, 0.6) is 0 Å². The SMILES string of the molecule is CC1CN(c2cscn2)CCN1. The van der Waals surface area contributed by atoms with Crippen molar-refractivity contribution < 1.29 is 0 Å². The fourth-order valence-electron chi connectivity index (χ4n) is 1.50. The number of hydrogen-bond donors (Lipinski definition) is 1. The van der Waals surface area contributed by atoms with Crippen LogP contribution in [0.15, 0.2) is 10.9 Å². The number of piperazine rings is 1. The molecule has 1 aliphatic rings. The second-order valence-corrected chi connectivity index (χ2v) is 3.87. The third kappa shape index (κ3) is 1.59. The fraction of sp³-hybridized carbons (Fsp3) is 0.625. The van der Waals surface area contributed by atoms with Crippen LogP contribution in [0.1, 0.15) is 6.92 Å². The third-order valence-electron chi connectivity index (χ3n) is 2.11. The molecule has 0 amide bonds. The van der Waals surface area contributed by atoms with Crippen LogP contribution >= 0.6 is 11.3 Å². The first kappa shape index (κ1) is 8.01. The van der Waals surface area contributed by atoms with Gasteiger partial charge in [-0.1, -0.05) is 0 Å². The number of aromatic nitrogens is 1. The van der Waals surface area contributed by atoms with E-state index in [0.29, 0.717) is 6.04 Å². The summed E-state index contributed by atoms with van der Waals surface area (Å²) in [5, 5.41) is 5.52. The Morgan fingerprint density at radius 2 is 2.67 bits per heavy atom. The van der Waals surface area contributed by atoms with Crippen molar-refractivity contribution in [2.45, 2.75) is 13.0 Å². The van der Waals surface area contributed by atoms with Crippen molar-refractivity contribution in [2.75, 3.05) is 24.5 Å². The maximum absolute atomic E-state index is 4.29. The largest absolute Gasteiger partial charge is 0.353 e. The van der Waals surface area contributed by atoms with Gasteiger partial charge in [-0.05, 0) is 6.92 Å². The molecule has 1 atom stereocenters. The van der Waals surface area contributed by atoms with E-state index in [-0.39, 0.29) is 0 Å². The normalized spacial score (nSPS) is 24.4. The Bertz CT molecular complexity index is 234. The van der Waals surface area contributed by atoms with E-state index in [0.717, 1.165) is 25.5 Å². The van der Waals surface area contributed by atoms with Gasteiger partial charge in [0.15, 0.2) is 0 Å². The van der Waals surface area contributed by atoms with Gasteiger partial charge in [-0.25, -0.2) is 4.98 Å². The molecule has 2 heterocycles. The maximum Gasteiger partial charge on any atom is 0.139 e. The highest BCUT2D eigenvalue weighted by atomic mass is 32.1. The van der Waals surface area contributed by atoms with Gasteiger partial charge in [0.25, 0.3) is 0 Å². The molecule has 1 aliphatic heterocycles. The maximum atomic E-state index is 4.29. The van der Waals surface area contributed by atoms with Crippen LogP contribution in [-0.2, 0) is 0 Å². The van der Waals surface area contributed by atoms with Crippen LogP contribution < -0.4 is 10.2 Å². The van der Waals surface area contributed by atoms with Gasteiger partial charge < -0.3 is 10.2 Å². The molecule has 0 aromatic carbocycles. The topological polar surface area (TPSA) is 28.2 Å². The highest BCUT2D eigenvalue weighted by Gasteiger charge is 2.16. The Balaban J connectivity index is 2.04. The van der Waals surface area contributed by atoms with Gasteiger partial charge in [0.1, 0.15) is 5.82 Å². The van der Waals surface area contributed by atoms with E-state index in [1.54, 1.807) is 11.3 Å². The first-order valence-corrected chi connectivity index (χ1v) is 5.17. The van der Waals surface area contributed by atoms with E-state index >= 15 is 0 Å². The molecular formula is C8H13N3S. The zero-order chi connectivity index (χ0) is 8.39. The van der Waals surface area contributed by atoms with Gasteiger partial charge in [-0.15, -0.1) is 11.3 Å². The highest BCUT2D eigenvalue weighted by Crippen LogP contribution is 2.14. The van der Waals surface area contributed by atoms with E-state index in [1.807, 2.05) is 5.51 Å². The van der Waals surface area contributed by atoms with Crippen molar-refractivity contribution >= 4 is 17.2 Å². The summed E-state index contributed by atoms with van der Waals surface area (Å²) in [7, 11) is 0. The summed E-state index contributed by atoms with van der Waals surface area (Å²) in [4.78, 5) is 6.62. The van der Waals surface area contributed by atoms with Crippen molar-refractivity contribution in [3.63, 3.8) is 0 Å².